The summed E-state index contributed by atoms with van der Waals surface area (Å²) in [5.74, 6) is 0. The molecule has 0 aliphatic carbocycles. The molecule has 0 aliphatic rings. The van der Waals surface area contributed by atoms with Crippen LogP contribution in [0.3, 0.4) is 0 Å². The zero-order chi connectivity index (χ0) is 9.50. The van der Waals surface area contributed by atoms with E-state index in [1.54, 1.807) is 0 Å². The summed E-state index contributed by atoms with van der Waals surface area (Å²) in [7, 11) is -11.6. The van der Waals surface area contributed by atoms with Gasteiger partial charge < -0.3 is 33.8 Å². The van der Waals surface area contributed by atoms with Crippen molar-refractivity contribution in [2.24, 2.45) is 0 Å². The number of hydrogen-bond acceptors (Lipinski definition) is 7. The van der Waals surface area contributed by atoms with Gasteiger partial charge in [0.2, 0.25) is 0 Å². The average molecular weight is 319 g/mol. The van der Waals surface area contributed by atoms with Crippen molar-refractivity contribution in [2.75, 3.05) is 0 Å². The second kappa shape index (κ2) is 9.98. The van der Waals surface area contributed by atoms with Crippen LogP contribution in [0.1, 0.15) is 6.92 Å². The van der Waals surface area contributed by atoms with Crippen molar-refractivity contribution >= 4 is 15.2 Å². The molecule has 0 aliphatic heterocycles. The smallest absolute Gasteiger partial charge is 0.808 e. The van der Waals surface area contributed by atoms with E-state index in [2.05, 4.69) is 0 Å². The third kappa shape index (κ3) is 8.36. The summed E-state index contributed by atoms with van der Waals surface area (Å²) in [6, 6.07) is 0. The molecule has 0 unspecified atom stereocenters. The first-order chi connectivity index (χ1) is 4.50. The van der Waals surface area contributed by atoms with Crippen LogP contribution in [0.4, 0.5) is 0 Å². The molecule has 0 fully saturated rings. The molecule has 7 nitrogen and oxygen atoms in total. The van der Waals surface area contributed by atoms with Crippen LogP contribution < -0.4 is 174 Å². The zero-order valence-corrected chi connectivity index (χ0v) is 19.4. The first-order valence-corrected chi connectivity index (χ1v) is 5.35. The molecule has 0 amide bonds. The Balaban J connectivity index is -0.000000167. The van der Waals surface area contributed by atoms with Gasteiger partial charge in [-0.25, -0.2) is 0 Å². The maximum atomic E-state index is 9.95. The van der Waals surface area contributed by atoms with Gasteiger partial charge >= 0.3 is 154 Å². The molecule has 0 aromatic rings. The molecule has 0 radical (unpaired) electrons. The third-order valence-electron chi connectivity index (χ3n) is 1.04. The molecule has 12 heteroatoms. The van der Waals surface area contributed by atoms with E-state index in [1.807, 2.05) is 0 Å². The quantitative estimate of drug-likeness (QED) is 0.392. The van der Waals surface area contributed by atoms with Crippen LogP contribution >= 0.6 is 15.2 Å². The Morgan fingerprint density at radius 3 is 1.07 bits per heavy atom. The Kier molecular flexibility index (Phi) is 19.6. The van der Waals surface area contributed by atoms with E-state index in [0.717, 1.165) is 0 Å². The fraction of sp³-hybridized carbons (Fsp3) is 1.00. The van der Waals surface area contributed by atoms with Crippen molar-refractivity contribution in [3.8, 4) is 0 Å². The first kappa shape index (κ1) is 27.5. The van der Waals surface area contributed by atoms with Crippen molar-refractivity contribution in [2.45, 2.75) is 12.0 Å². The number of rotatable bonds is 2. The van der Waals surface area contributed by atoms with Gasteiger partial charge in [-0.3, -0.25) is 0 Å². The summed E-state index contributed by atoms with van der Waals surface area (Å²) in [5.41, 5.74) is 0. The van der Waals surface area contributed by atoms with Gasteiger partial charge in [0.1, 0.15) is 5.08 Å². The minimum Gasteiger partial charge on any atom is -0.808 e. The normalized spacial score (nSPS) is 11.9. The van der Waals surface area contributed by atoms with Gasteiger partial charge in [0, 0.05) is 0 Å². The van der Waals surface area contributed by atoms with Crippen LogP contribution in [0.25, 0.3) is 0 Å². The summed E-state index contributed by atoms with van der Waals surface area (Å²) >= 11 is 0. The number of aliphatic hydroxyl groups is 1. The largest absolute Gasteiger partial charge is 1.00 e. The Morgan fingerprint density at radius 2 is 1.07 bits per heavy atom. The monoisotopic (exact) mass is 319 g/mol. The van der Waals surface area contributed by atoms with Crippen molar-refractivity contribution < 1.29 is 188 Å². The molecule has 0 bridgehead atoms. The molecule has 0 rings (SSSR count). The van der Waals surface area contributed by atoms with Crippen molar-refractivity contribution in [1.82, 2.24) is 0 Å². The first-order valence-electron chi connectivity index (χ1n) is 2.27. The van der Waals surface area contributed by atoms with Crippen LogP contribution in [-0.2, 0) is 9.13 Å². The molecule has 0 saturated carbocycles. The van der Waals surface area contributed by atoms with Crippen LogP contribution in [-0.4, -0.2) is 10.2 Å². The fourth-order valence-corrected chi connectivity index (χ4v) is 1.35. The van der Waals surface area contributed by atoms with Gasteiger partial charge in [0.05, 0.1) is 0 Å². The summed E-state index contributed by atoms with van der Waals surface area (Å²) < 4.78 is 19.9. The van der Waals surface area contributed by atoms with E-state index >= 15 is 0 Å². The van der Waals surface area contributed by atoms with Gasteiger partial charge in [-0.15, -0.1) is 0 Å². The van der Waals surface area contributed by atoms with E-state index < -0.39 is 20.3 Å². The van der Waals surface area contributed by atoms with Gasteiger partial charge in [0.25, 0.3) is 0 Å². The van der Waals surface area contributed by atoms with E-state index in [1.165, 1.54) is 0 Å². The molecule has 14 heavy (non-hydrogen) atoms. The van der Waals surface area contributed by atoms with Gasteiger partial charge in [0.15, 0.2) is 0 Å². The maximum absolute atomic E-state index is 9.95. The van der Waals surface area contributed by atoms with Crippen molar-refractivity contribution in [3.63, 3.8) is 0 Å². The molecular formula is C2H4K3O7P2-. The molecule has 68 valence electrons. The van der Waals surface area contributed by atoms with E-state index in [0.29, 0.717) is 0 Å². The van der Waals surface area contributed by atoms with Crippen LogP contribution in [0.5, 0.6) is 0 Å². The second-order valence-corrected chi connectivity index (χ2v) is 6.05. The van der Waals surface area contributed by atoms with Crippen LogP contribution in [0.15, 0.2) is 0 Å². The average Bonchev–Trinajstić information content (AvgIpc) is 1.58. The summed E-state index contributed by atoms with van der Waals surface area (Å²) in [6.07, 6.45) is 0. The minimum absolute atomic E-state index is 0. The summed E-state index contributed by atoms with van der Waals surface area (Å²) in [4.78, 5) is 39.8. The fourth-order valence-electron chi connectivity index (χ4n) is 0.150. The Morgan fingerprint density at radius 1 is 0.929 bits per heavy atom. The van der Waals surface area contributed by atoms with Gasteiger partial charge in [-0.2, -0.15) is 0 Å². The van der Waals surface area contributed by atoms with Crippen molar-refractivity contribution in [1.29, 1.82) is 0 Å². The molecule has 1 N–H and O–H groups in total. The standard InChI is InChI=1S/C2H8O7P2.3K/c1-2(3,10(4,5)6)11(7,8)9;;;/h3H,1H3,(H2,4,5,6)(H2,7,8,9);;;/q;3*+1/p-4. The molecule has 0 atom stereocenters. The Hall–Kier alpha value is 5.17. The number of hydrogen-bond donors (Lipinski definition) is 1. The van der Waals surface area contributed by atoms with Crippen LogP contribution in [0, 0.1) is 0 Å². The summed E-state index contributed by atoms with van der Waals surface area (Å²) in [6.45, 7) is 0.133. The topological polar surface area (TPSA) is 147 Å². The van der Waals surface area contributed by atoms with Crippen LogP contribution in [0.2, 0.25) is 0 Å². The molecular weight excluding hydrogens is 315 g/mol. The minimum atomic E-state index is -5.82. The van der Waals surface area contributed by atoms with Gasteiger partial charge in [-0.05, 0) is 22.1 Å². The van der Waals surface area contributed by atoms with E-state index in [-0.39, 0.29) is 161 Å². The Bertz CT molecular complexity index is 217. The van der Waals surface area contributed by atoms with E-state index in [9.17, 15) is 28.7 Å². The molecule has 0 saturated heterocycles. The molecule has 0 heterocycles. The maximum Gasteiger partial charge on any atom is 1.00 e. The van der Waals surface area contributed by atoms with Crippen molar-refractivity contribution in [3.05, 3.63) is 0 Å². The molecule has 0 aromatic carbocycles. The predicted octanol–water partition coefficient (Wildman–Crippen LogP) is -12.5. The Labute approximate surface area is 209 Å². The third-order valence-corrected chi connectivity index (χ3v) is 4.58. The SMILES string of the molecule is CC(O)(P(=O)([O-])[O-])P(=O)([O-])[O-].[K+].[K+].[K+]. The van der Waals surface area contributed by atoms with Gasteiger partial charge in [-0.1, -0.05) is 0 Å². The zero-order valence-electron chi connectivity index (χ0n) is 8.29. The molecule has 0 spiro atoms. The van der Waals surface area contributed by atoms with E-state index in [4.69, 9.17) is 5.11 Å². The second-order valence-electron chi connectivity index (χ2n) is 1.97. The summed E-state index contributed by atoms with van der Waals surface area (Å²) in [5, 5.41) is 4.68. The molecule has 0 aromatic heterocycles. The predicted molar refractivity (Wildman–Crippen MR) is 25.8 cm³/mol.